The van der Waals surface area contributed by atoms with Gasteiger partial charge < -0.3 is 20.5 Å². The number of nitrogens with one attached hydrogen (secondary N) is 2. The normalized spacial score (nSPS) is 16.0. The van der Waals surface area contributed by atoms with Gasteiger partial charge in [0.15, 0.2) is 0 Å². The highest BCUT2D eigenvalue weighted by Gasteiger charge is 2.25. The molecular formula is C26H29ClN4O3. The Bertz CT molecular complexity index is 1210. The van der Waals surface area contributed by atoms with E-state index < -0.39 is 11.9 Å². The first-order chi connectivity index (χ1) is 15.8. The number of carboxylic acid groups (broad SMARTS) is 1. The summed E-state index contributed by atoms with van der Waals surface area (Å²) in [5, 5.41) is 27.2. The number of nitrogens with zero attached hydrogens (tertiary/aromatic N) is 1. The van der Waals surface area contributed by atoms with E-state index in [-0.39, 0.29) is 24.3 Å². The first-order valence-electron chi connectivity index (χ1n) is 11.0. The van der Waals surface area contributed by atoms with Crippen molar-refractivity contribution in [1.29, 1.82) is 10.8 Å². The van der Waals surface area contributed by atoms with Crippen LogP contribution in [0.3, 0.4) is 0 Å². The molecule has 0 spiro atoms. The van der Waals surface area contributed by atoms with Crippen LogP contribution in [0.15, 0.2) is 60.7 Å². The Hall–Kier alpha value is -3.58. The van der Waals surface area contributed by atoms with Crippen molar-refractivity contribution in [2.75, 3.05) is 13.1 Å². The maximum absolute atomic E-state index is 12.1. The van der Waals surface area contributed by atoms with Crippen LogP contribution in [0.1, 0.15) is 36.0 Å². The van der Waals surface area contributed by atoms with Crippen molar-refractivity contribution >= 4 is 40.8 Å². The molecule has 1 saturated heterocycles. The molecule has 0 radical (unpaired) electrons. The molecule has 1 heterocycles. The van der Waals surface area contributed by atoms with E-state index in [9.17, 15) is 9.90 Å². The number of nitrogen functional groups attached to an aromatic ring is 1. The Morgan fingerprint density at radius 1 is 1.12 bits per heavy atom. The SMILES string of the molecule is CC(=N)N1CC[C@H](Oc2ccc(C(Cc3ccc4ccc(C(=N)N)cc4c3)C(=O)O)cc2)C1.Cl. The van der Waals surface area contributed by atoms with Crippen LogP contribution in [0, 0.1) is 10.8 Å². The predicted molar refractivity (Wildman–Crippen MR) is 137 cm³/mol. The van der Waals surface area contributed by atoms with Gasteiger partial charge in [0.25, 0.3) is 0 Å². The molecule has 0 aliphatic carbocycles. The van der Waals surface area contributed by atoms with Crippen LogP contribution in [-0.4, -0.2) is 46.8 Å². The molecule has 1 aliphatic rings. The van der Waals surface area contributed by atoms with E-state index in [1.807, 2.05) is 65.6 Å². The number of nitrogens with two attached hydrogens (primary N) is 1. The van der Waals surface area contributed by atoms with E-state index >= 15 is 0 Å². The van der Waals surface area contributed by atoms with Gasteiger partial charge in [0.05, 0.1) is 18.3 Å². The van der Waals surface area contributed by atoms with Crippen LogP contribution in [-0.2, 0) is 11.2 Å². The fourth-order valence-electron chi connectivity index (χ4n) is 4.27. The molecule has 2 atom stereocenters. The maximum Gasteiger partial charge on any atom is 0.311 e. The molecule has 0 bridgehead atoms. The van der Waals surface area contributed by atoms with Gasteiger partial charge in [-0.15, -0.1) is 12.4 Å². The highest BCUT2D eigenvalue weighted by molar-refractivity contribution is 5.99. The Kier molecular flexibility index (Phi) is 7.79. The molecule has 0 aromatic heterocycles. The van der Waals surface area contributed by atoms with E-state index in [0.717, 1.165) is 34.9 Å². The molecule has 0 saturated carbocycles. The minimum atomic E-state index is -0.880. The summed E-state index contributed by atoms with van der Waals surface area (Å²) in [6, 6.07) is 18.7. The number of amidine groups is 2. The Morgan fingerprint density at radius 2 is 1.82 bits per heavy atom. The summed E-state index contributed by atoms with van der Waals surface area (Å²) < 4.78 is 6.03. The standard InChI is InChI=1S/C26H28N4O3.ClH/c1-16(27)30-11-10-23(15-30)33-22-8-6-19(7-9-22)24(26(31)32)13-17-2-3-18-4-5-20(25(28)29)14-21(18)12-17;/h2-9,12,14,23-24,27H,10-11,13,15H2,1H3,(H3,28,29)(H,31,32);1H/t23-,24?;/m0./s1. The average Bonchev–Trinajstić information content (AvgIpc) is 3.26. The number of ether oxygens (including phenoxy) is 1. The highest BCUT2D eigenvalue weighted by atomic mass is 35.5. The molecule has 34 heavy (non-hydrogen) atoms. The van der Waals surface area contributed by atoms with E-state index in [1.54, 1.807) is 6.92 Å². The van der Waals surface area contributed by atoms with Crippen LogP contribution in [0.2, 0.25) is 0 Å². The topological polar surface area (TPSA) is 123 Å². The van der Waals surface area contributed by atoms with Crippen LogP contribution < -0.4 is 10.5 Å². The molecule has 1 fully saturated rings. The average molecular weight is 481 g/mol. The number of fused-ring (bicyclic) bond motifs is 1. The summed E-state index contributed by atoms with van der Waals surface area (Å²) in [6.45, 7) is 3.29. The van der Waals surface area contributed by atoms with Gasteiger partial charge in [0.1, 0.15) is 17.7 Å². The number of hydrogen-bond donors (Lipinski definition) is 4. The number of hydrogen-bond acceptors (Lipinski definition) is 4. The summed E-state index contributed by atoms with van der Waals surface area (Å²) in [5.74, 6) is -0.303. The van der Waals surface area contributed by atoms with Crippen molar-refractivity contribution in [2.24, 2.45) is 5.73 Å². The van der Waals surface area contributed by atoms with Gasteiger partial charge in [-0.05, 0) is 53.4 Å². The fraction of sp³-hybridized carbons (Fsp3) is 0.269. The van der Waals surface area contributed by atoms with Crippen molar-refractivity contribution in [3.63, 3.8) is 0 Å². The number of carboxylic acids is 1. The molecule has 3 aromatic carbocycles. The third-order valence-corrected chi connectivity index (χ3v) is 6.16. The van der Waals surface area contributed by atoms with Gasteiger partial charge >= 0.3 is 5.97 Å². The highest BCUT2D eigenvalue weighted by Crippen LogP contribution is 2.27. The summed E-state index contributed by atoms with van der Waals surface area (Å²) in [5.41, 5.74) is 7.88. The predicted octanol–water partition coefficient (Wildman–Crippen LogP) is 4.41. The Balaban J connectivity index is 0.00000324. The lowest BCUT2D eigenvalue weighted by Gasteiger charge is -2.18. The molecule has 7 nitrogen and oxygen atoms in total. The summed E-state index contributed by atoms with van der Waals surface area (Å²) in [7, 11) is 0. The van der Waals surface area contributed by atoms with Crippen molar-refractivity contribution in [1.82, 2.24) is 4.90 Å². The first kappa shape index (κ1) is 25.1. The molecule has 1 unspecified atom stereocenters. The lowest BCUT2D eigenvalue weighted by molar-refractivity contribution is -0.138. The van der Waals surface area contributed by atoms with Gasteiger partial charge in [-0.1, -0.05) is 42.5 Å². The second kappa shape index (κ2) is 10.6. The zero-order valence-electron chi connectivity index (χ0n) is 19.0. The number of rotatable bonds is 7. The van der Waals surface area contributed by atoms with Crippen molar-refractivity contribution in [3.8, 4) is 5.75 Å². The lowest BCUT2D eigenvalue weighted by atomic mass is 9.91. The third kappa shape index (κ3) is 5.66. The number of carbonyl (C=O) groups is 1. The van der Waals surface area contributed by atoms with Gasteiger partial charge in [-0.25, -0.2) is 0 Å². The number of aliphatic carboxylic acids is 1. The van der Waals surface area contributed by atoms with E-state index in [2.05, 4.69) is 0 Å². The summed E-state index contributed by atoms with van der Waals surface area (Å²) >= 11 is 0. The van der Waals surface area contributed by atoms with E-state index in [4.69, 9.17) is 21.3 Å². The van der Waals surface area contributed by atoms with E-state index in [1.165, 1.54) is 0 Å². The molecule has 3 aromatic rings. The van der Waals surface area contributed by atoms with E-state index in [0.29, 0.717) is 30.1 Å². The molecular weight excluding hydrogens is 452 g/mol. The number of benzene rings is 3. The van der Waals surface area contributed by atoms with Crippen molar-refractivity contribution < 1.29 is 14.6 Å². The maximum atomic E-state index is 12.1. The lowest BCUT2D eigenvalue weighted by Crippen LogP contribution is -2.28. The Morgan fingerprint density at radius 3 is 2.44 bits per heavy atom. The quantitative estimate of drug-likeness (QED) is 0.294. The molecule has 8 heteroatoms. The minimum absolute atomic E-state index is 0. The van der Waals surface area contributed by atoms with Crippen molar-refractivity contribution in [2.45, 2.75) is 31.8 Å². The largest absolute Gasteiger partial charge is 0.489 e. The van der Waals surface area contributed by atoms with Gasteiger partial charge in [0.2, 0.25) is 0 Å². The zero-order valence-corrected chi connectivity index (χ0v) is 19.8. The summed E-state index contributed by atoms with van der Waals surface area (Å²) in [4.78, 5) is 14.1. The molecule has 5 N–H and O–H groups in total. The fourth-order valence-corrected chi connectivity index (χ4v) is 4.27. The number of likely N-dealkylation sites (tertiary alicyclic amines) is 1. The van der Waals surface area contributed by atoms with Crippen LogP contribution in [0.5, 0.6) is 5.75 Å². The van der Waals surface area contributed by atoms with Crippen LogP contribution in [0.4, 0.5) is 0 Å². The number of halogens is 1. The second-order valence-corrected chi connectivity index (χ2v) is 8.53. The van der Waals surface area contributed by atoms with Crippen LogP contribution in [0.25, 0.3) is 10.8 Å². The monoisotopic (exact) mass is 480 g/mol. The zero-order chi connectivity index (χ0) is 23.5. The van der Waals surface area contributed by atoms with Crippen molar-refractivity contribution in [3.05, 3.63) is 77.4 Å². The minimum Gasteiger partial charge on any atom is -0.489 e. The van der Waals surface area contributed by atoms with Gasteiger partial charge in [0, 0.05) is 18.5 Å². The smallest absolute Gasteiger partial charge is 0.311 e. The van der Waals surface area contributed by atoms with Gasteiger partial charge in [-0.3, -0.25) is 15.6 Å². The first-order valence-corrected chi connectivity index (χ1v) is 11.0. The molecule has 178 valence electrons. The van der Waals surface area contributed by atoms with Gasteiger partial charge in [-0.2, -0.15) is 0 Å². The molecule has 1 aliphatic heterocycles. The molecule has 4 rings (SSSR count). The second-order valence-electron chi connectivity index (χ2n) is 8.53. The Labute approximate surface area is 205 Å². The summed E-state index contributed by atoms with van der Waals surface area (Å²) in [6.07, 6.45) is 1.25. The van der Waals surface area contributed by atoms with Crippen LogP contribution >= 0.6 is 12.4 Å². The molecule has 0 amide bonds. The third-order valence-electron chi connectivity index (χ3n) is 6.16.